The van der Waals surface area contributed by atoms with Crippen LogP contribution in [-0.2, 0) is 0 Å². The van der Waals surface area contributed by atoms with E-state index in [2.05, 4.69) is 10.6 Å². The Hall–Kier alpha value is -1.49. The van der Waals surface area contributed by atoms with Crippen molar-refractivity contribution in [3.63, 3.8) is 0 Å². The summed E-state index contributed by atoms with van der Waals surface area (Å²) in [5.74, 6) is 1.99. The molecule has 1 aliphatic rings. The number of rotatable bonds is 5. The summed E-state index contributed by atoms with van der Waals surface area (Å²) in [4.78, 5) is 24.2. The monoisotopic (exact) mass is 306 g/mol. The molecule has 1 saturated heterocycles. The van der Waals surface area contributed by atoms with Crippen LogP contribution >= 0.6 is 11.8 Å². The molecule has 5 heteroatoms. The van der Waals surface area contributed by atoms with Gasteiger partial charge in [-0.05, 0) is 49.0 Å². The fraction of sp³-hybridized carbons (Fsp3) is 0.500. The van der Waals surface area contributed by atoms with Crippen molar-refractivity contribution in [2.24, 2.45) is 0 Å². The Morgan fingerprint density at radius 3 is 2.52 bits per heavy atom. The molecule has 0 radical (unpaired) electrons. The third-order valence-corrected chi connectivity index (χ3v) is 4.53. The molecule has 0 saturated carbocycles. The maximum absolute atomic E-state index is 12.3. The third-order valence-electron chi connectivity index (χ3n) is 3.48. The van der Waals surface area contributed by atoms with Crippen molar-refractivity contribution in [2.45, 2.75) is 32.2 Å². The summed E-state index contributed by atoms with van der Waals surface area (Å²) in [5.41, 5.74) is 1.09. The van der Waals surface area contributed by atoms with Gasteiger partial charge in [0.1, 0.15) is 0 Å². The van der Waals surface area contributed by atoms with Crippen LogP contribution in [0.15, 0.2) is 24.3 Å². The van der Waals surface area contributed by atoms with E-state index in [9.17, 15) is 9.59 Å². The lowest BCUT2D eigenvalue weighted by Gasteiger charge is -2.22. The van der Waals surface area contributed by atoms with Crippen LogP contribution in [0.1, 0.15) is 46.9 Å². The maximum atomic E-state index is 12.3. The van der Waals surface area contributed by atoms with E-state index in [1.54, 1.807) is 24.3 Å². The fourth-order valence-corrected chi connectivity index (χ4v) is 3.36. The minimum Gasteiger partial charge on any atom is -0.352 e. The minimum atomic E-state index is -0.124. The smallest absolute Gasteiger partial charge is 0.251 e. The van der Waals surface area contributed by atoms with Gasteiger partial charge in [-0.1, -0.05) is 13.0 Å². The summed E-state index contributed by atoms with van der Waals surface area (Å²) in [7, 11) is 0. The molecule has 1 heterocycles. The molecular weight excluding hydrogens is 284 g/mol. The zero-order valence-electron chi connectivity index (χ0n) is 12.4. The molecule has 2 N–H and O–H groups in total. The summed E-state index contributed by atoms with van der Waals surface area (Å²) in [6.45, 7) is 2.65. The van der Waals surface area contributed by atoms with E-state index < -0.39 is 0 Å². The highest BCUT2D eigenvalue weighted by molar-refractivity contribution is 7.99. The number of amides is 2. The molecule has 1 aromatic carbocycles. The van der Waals surface area contributed by atoms with Crippen molar-refractivity contribution < 1.29 is 9.59 Å². The van der Waals surface area contributed by atoms with Gasteiger partial charge < -0.3 is 10.6 Å². The van der Waals surface area contributed by atoms with Crippen molar-refractivity contribution in [3.05, 3.63) is 35.4 Å². The Morgan fingerprint density at radius 1 is 1.19 bits per heavy atom. The minimum absolute atomic E-state index is 0.0861. The Bertz CT molecular complexity index is 499. The first-order valence-electron chi connectivity index (χ1n) is 7.47. The number of benzene rings is 1. The molecule has 0 bridgehead atoms. The number of nitrogens with one attached hydrogen (secondary N) is 2. The first kappa shape index (κ1) is 15.9. The van der Waals surface area contributed by atoms with Gasteiger partial charge in [-0.2, -0.15) is 11.8 Å². The molecule has 21 heavy (non-hydrogen) atoms. The zero-order chi connectivity index (χ0) is 15.1. The van der Waals surface area contributed by atoms with E-state index in [-0.39, 0.29) is 17.9 Å². The van der Waals surface area contributed by atoms with Gasteiger partial charge in [0.25, 0.3) is 11.8 Å². The molecular formula is C16H22N2O2S. The Morgan fingerprint density at radius 2 is 1.86 bits per heavy atom. The molecule has 0 aromatic heterocycles. The first-order chi connectivity index (χ1) is 10.2. The van der Waals surface area contributed by atoms with Crippen LogP contribution in [0.25, 0.3) is 0 Å². The predicted octanol–water partition coefficient (Wildman–Crippen LogP) is 2.45. The maximum Gasteiger partial charge on any atom is 0.251 e. The van der Waals surface area contributed by atoms with Gasteiger partial charge in [-0.3, -0.25) is 9.59 Å². The first-order valence-corrected chi connectivity index (χ1v) is 8.63. The van der Waals surface area contributed by atoms with Gasteiger partial charge in [0.05, 0.1) is 0 Å². The highest BCUT2D eigenvalue weighted by atomic mass is 32.2. The summed E-state index contributed by atoms with van der Waals surface area (Å²) < 4.78 is 0. The number of thioether (sulfide) groups is 1. The number of carbonyl (C=O) groups is 2. The standard InChI is InChI=1S/C16H22N2O2S/c1-2-8-17-15(19)12-4-3-5-13(11-12)16(20)18-14-6-9-21-10-7-14/h3-5,11,14H,2,6-10H2,1H3,(H,17,19)(H,18,20). The van der Waals surface area contributed by atoms with Gasteiger partial charge in [-0.15, -0.1) is 0 Å². The molecule has 0 unspecified atom stereocenters. The van der Waals surface area contributed by atoms with E-state index in [1.165, 1.54) is 0 Å². The summed E-state index contributed by atoms with van der Waals surface area (Å²) >= 11 is 1.93. The second-order valence-electron chi connectivity index (χ2n) is 5.20. The highest BCUT2D eigenvalue weighted by Gasteiger charge is 2.17. The molecule has 0 spiro atoms. The van der Waals surface area contributed by atoms with E-state index in [4.69, 9.17) is 0 Å². The Kier molecular flexibility index (Phi) is 6.11. The van der Waals surface area contributed by atoms with E-state index in [1.807, 2.05) is 18.7 Å². The topological polar surface area (TPSA) is 58.2 Å². The number of hydrogen-bond donors (Lipinski definition) is 2. The molecule has 0 aliphatic carbocycles. The summed E-state index contributed by atoms with van der Waals surface area (Å²) in [6, 6.07) is 7.17. The molecule has 2 rings (SSSR count). The van der Waals surface area contributed by atoms with Crippen LogP contribution in [0.3, 0.4) is 0 Å². The van der Waals surface area contributed by atoms with Crippen LogP contribution in [-0.4, -0.2) is 35.9 Å². The quantitative estimate of drug-likeness (QED) is 0.878. The second kappa shape index (κ2) is 8.08. The lowest BCUT2D eigenvalue weighted by Crippen LogP contribution is -2.37. The van der Waals surface area contributed by atoms with Crippen LogP contribution < -0.4 is 10.6 Å². The van der Waals surface area contributed by atoms with Crippen molar-refractivity contribution in [3.8, 4) is 0 Å². The van der Waals surface area contributed by atoms with Crippen LogP contribution in [0.5, 0.6) is 0 Å². The van der Waals surface area contributed by atoms with Crippen LogP contribution in [0, 0.1) is 0 Å². The second-order valence-corrected chi connectivity index (χ2v) is 6.42. The van der Waals surface area contributed by atoms with Gasteiger partial charge in [0.15, 0.2) is 0 Å². The van der Waals surface area contributed by atoms with Crippen molar-refractivity contribution in [2.75, 3.05) is 18.1 Å². The van der Waals surface area contributed by atoms with Crippen molar-refractivity contribution in [1.82, 2.24) is 10.6 Å². The van der Waals surface area contributed by atoms with Crippen molar-refractivity contribution in [1.29, 1.82) is 0 Å². The molecule has 0 atom stereocenters. The molecule has 1 aromatic rings. The van der Waals surface area contributed by atoms with Gasteiger partial charge in [0.2, 0.25) is 0 Å². The number of hydrogen-bond acceptors (Lipinski definition) is 3. The normalized spacial score (nSPS) is 15.5. The van der Waals surface area contributed by atoms with Crippen LogP contribution in [0.2, 0.25) is 0 Å². The number of carbonyl (C=O) groups excluding carboxylic acids is 2. The molecule has 114 valence electrons. The molecule has 4 nitrogen and oxygen atoms in total. The predicted molar refractivity (Wildman–Crippen MR) is 86.9 cm³/mol. The average Bonchev–Trinajstić information content (AvgIpc) is 2.53. The largest absolute Gasteiger partial charge is 0.352 e. The average molecular weight is 306 g/mol. The lowest BCUT2D eigenvalue weighted by atomic mass is 10.1. The SMILES string of the molecule is CCCNC(=O)c1cccc(C(=O)NC2CCSCC2)c1. The summed E-state index contributed by atoms with van der Waals surface area (Å²) in [5, 5.41) is 5.88. The van der Waals surface area contributed by atoms with E-state index in [0.29, 0.717) is 17.7 Å². The summed E-state index contributed by atoms with van der Waals surface area (Å²) in [6.07, 6.45) is 2.94. The van der Waals surface area contributed by atoms with Crippen LogP contribution in [0.4, 0.5) is 0 Å². The Balaban J connectivity index is 1.98. The van der Waals surface area contributed by atoms with Gasteiger partial charge >= 0.3 is 0 Å². The molecule has 1 aliphatic heterocycles. The van der Waals surface area contributed by atoms with Gasteiger partial charge in [-0.25, -0.2) is 0 Å². The lowest BCUT2D eigenvalue weighted by molar-refractivity contribution is 0.0935. The van der Waals surface area contributed by atoms with Crippen molar-refractivity contribution >= 4 is 23.6 Å². The fourth-order valence-electron chi connectivity index (χ4n) is 2.25. The van der Waals surface area contributed by atoms with Gasteiger partial charge in [0, 0.05) is 23.7 Å². The zero-order valence-corrected chi connectivity index (χ0v) is 13.2. The Labute approximate surface area is 130 Å². The highest BCUT2D eigenvalue weighted by Crippen LogP contribution is 2.17. The third kappa shape index (κ3) is 4.77. The molecule has 1 fully saturated rings. The molecule has 2 amide bonds. The van der Waals surface area contributed by atoms with E-state index in [0.717, 1.165) is 30.8 Å². The van der Waals surface area contributed by atoms with E-state index >= 15 is 0 Å².